The Bertz CT molecular complexity index is 308. The van der Waals surface area contributed by atoms with Crippen LogP contribution in [0.2, 0.25) is 0 Å². The highest BCUT2D eigenvalue weighted by Gasteiger charge is 2.44. The molecule has 0 unspecified atom stereocenters. The molecule has 1 aromatic rings. The molecule has 2 N–H and O–H groups in total. The van der Waals surface area contributed by atoms with Crippen LogP contribution in [0.15, 0.2) is 18.3 Å². The fourth-order valence-electron chi connectivity index (χ4n) is 1.70. The zero-order valence-electron chi connectivity index (χ0n) is 7.79. The van der Waals surface area contributed by atoms with Crippen molar-refractivity contribution in [1.29, 1.82) is 0 Å². The number of rotatable bonds is 3. The van der Waals surface area contributed by atoms with Crippen molar-refractivity contribution in [3.63, 3.8) is 0 Å². The molecular formula is C10H14N2O. The van der Waals surface area contributed by atoms with Crippen LogP contribution in [0.5, 0.6) is 0 Å². The van der Waals surface area contributed by atoms with Gasteiger partial charge in [-0.15, -0.1) is 0 Å². The number of aromatic nitrogens is 1. The maximum Gasteiger partial charge on any atom is 0.0775 e. The summed E-state index contributed by atoms with van der Waals surface area (Å²) in [5, 5.41) is 0. The Morgan fingerprint density at radius 2 is 2.38 bits per heavy atom. The van der Waals surface area contributed by atoms with Gasteiger partial charge in [-0.25, -0.2) is 5.90 Å². The molecule has 0 aliphatic heterocycles. The topological polar surface area (TPSA) is 48.1 Å². The van der Waals surface area contributed by atoms with Gasteiger partial charge in [0.1, 0.15) is 0 Å². The molecule has 70 valence electrons. The van der Waals surface area contributed by atoms with Crippen LogP contribution in [0.1, 0.15) is 24.1 Å². The van der Waals surface area contributed by atoms with Gasteiger partial charge in [-0.05, 0) is 37.5 Å². The molecule has 13 heavy (non-hydrogen) atoms. The zero-order chi connectivity index (χ0) is 9.31. The largest absolute Gasteiger partial charge is 0.304 e. The van der Waals surface area contributed by atoms with E-state index in [1.54, 1.807) is 0 Å². The van der Waals surface area contributed by atoms with Crippen molar-refractivity contribution >= 4 is 0 Å². The molecule has 0 spiro atoms. The monoisotopic (exact) mass is 178 g/mol. The summed E-state index contributed by atoms with van der Waals surface area (Å²) >= 11 is 0. The minimum Gasteiger partial charge on any atom is -0.304 e. The van der Waals surface area contributed by atoms with E-state index in [1.807, 2.05) is 13.1 Å². The number of pyridine rings is 1. The first-order chi connectivity index (χ1) is 6.27. The summed E-state index contributed by atoms with van der Waals surface area (Å²) in [6, 6.07) is 4.17. The average molecular weight is 178 g/mol. The Balaban J connectivity index is 2.25. The fraction of sp³-hybridized carbons (Fsp3) is 0.500. The molecular weight excluding hydrogens is 164 g/mol. The summed E-state index contributed by atoms with van der Waals surface area (Å²) < 4.78 is 0. The molecule has 1 saturated carbocycles. The smallest absolute Gasteiger partial charge is 0.0775 e. The van der Waals surface area contributed by atoms with E-state index in [0.717, 1.165) is 5.69 Å². The lowest BCUT2D eigenvalue weighted by molar-refractivity contribution is 0.116. The van der Waals surface area contributed by atoms with E-state index >= 15 is 0 Å². The van der Waals surface area contributed by atoms with Crippen LogP contribution in [-0.4, -0.2) is 11.6 Å². The summed E-state index contributed by atoms with van der Waals surface area (Å²) in [4.78, 5) is 8.91. The number of nitrogens with two attached hydrogens (primary N) is 1. The molecule has 3 heteroatoms. The van der Waals surface area contributed by atoms with Gasteiger partial charge in [0.2, 0.25) is 0 Å². The quantitative estimate of drug-likeness (QED) is 0.710. The first kappa shape index (κ1) is 8.66. The molecule has 0 aromatic carbocycles. The Morgan fingerprint density at radius 3 is 2.92 bits per heavy atom. The lowest BCUT2D eigenvalue weighted by Gasteiger charge is -2.13. The van der Waals surface area contributed by atoms with E-state index in [0.29, 0.717) is 6.61 Å². The van der Waals surface area contributed by atoms with Gasteiger partial charge in [0.15, 0.2) is 0 Å². The van der Waals surface area contributed by atoms with Crippen LogP contribution in [-0.2, 0) is 10.3 Å². The predicted molar refractivity (Wildman–Crippen MR) is 50.0 cm³/mol. The summed E-state index contributed by atoms with van der Waals surface area (Å²) in [5.41, 5.74) is 2.56. The van der Waals surface area contributed by atoms with Gasteiger partial charge >= 0.3 is 0 Å². The van der Waals surface area contributed by atoms with Gasteiger partial charge in [0.05, 0.1) is 6.61 Å². The molecule has 1 aliphatic carbocycles. The van der Waals surface area contributed by atoms with Crippen molar-refractivity contribution in [2.75, 3.05) is 6.61 Å². The van der Waals surface area contributed by atoms with Gasteiger partial charge in [-0.3, -0.25) is 4.98 Å². The van der Waals surface area contributed by atoms with Gasteiger partial charge < -0.3 is 4.84 Å². The highest BCUT2D eigenvalue weighted by atomic mass is 16.6. The molecule has 2 rings (SSSR count). The van der Waals surface area contributed by atoms with Crippen molar-refractivity contribution in [2.24, 2.45) is 5.90 Å². The SMILES string of the molecule is Cc1cc(C2(CON)CC2)ccn1. The minimum atomic E-state index is 0.197. The predicted octanol–water partition coefficient (Wildman–Crippen LogP) is 1.31. The normalized spacial score (nSPS) is 18.6. The first-order valence-corrected chi connectivity index (χ1v) is 4.52. The zero-order valence-corrected chi connectivity index (χ0v) is 7.79. The van der Waals surface area contributed by atoms with Crippen molar-refractivity contribution in [2.45, 2.75) is 25.2 Å². The maximum absolute atomic E-state index is 5.11. The van der Waals surface area contributed by atoms with Crippen LogP contribution >= 0.6 is 0 Å². The fourth-order valence-corrected chi connectivity index (χ4v) is 1.70. The molecule has 0 atom stereocenters. The number of hydrogen-bond acceptors (Lipinski definition) is 3. The summed E-state index contributed by atoms with van der Waals surface area (Å²) in [5.74, 6) is 5.11. The molecule has 3 nitrogen and oxygen atoms in total. The van der Waals surface area contributed by atoms with Crippen LogP contribution < -0.4 is 5.90 Å². The van der Waals surface area contributed by atoms with Crippen molar-refractivity contribution in [3.05, 3.63) is 29.6 Å². The molecule has 0 bridgehead atoms. The average Bonchev–Trinajstić information content (AvgIpc) is 2.86. The van der Waals surface area contributed by atoms with E-state index < -0.39 is 0 Å². The van der Waals surface area contributed by atoms with E-state index in [2.05, 4.69) is 17.1 Å². The van der Waals surface area contributed by atoms with E-state index in [1.165, 1.54) is 18.4 Å². The maximum atomic E-state index is 5.11. The Kier molecular flexibility index (Phi) is 2.06. The van der Waals surface area contributed by atoms with Crippen LogP contribution in [0.25, 0.3) is 0 Å². The number of aryl methyl sites for hydroxylation is 1. The van der Waals surface area contributed by atoms with Crippen LogP contribution in [0.3, 0.4) is 0 Å². The summed E-state index contributed by atoms with van der Waals surface area (Å²) in [6.45, 7) is 2.62. The van der Waals surface area contributed by atoms with Crippen molar-refractivity contribution in [1.82, 2.24) is 4.98 Å². The summed E-state index contributed by atoms with van der Waals surface area (Å²) in [7, 11) is 0. The second-order valence-corrected chi connectivity index (χ2v) is 3.78. The van der Waals surface area contributed by atoms with Crippen LogP contribution in [0, 0.1) is 6.92 Å². The number of hydrogen-bond donors (Lipinski definition) is 1. The van der Waals surface area contributed by atoms with Crippen LogP contribution in [0.4, 0.5) is 0 Å². The molecule has 1 heterocycles. The molecule has 0 radical (unpaired) electrons. The van der Waals surface area contributed by atoms with E-state index in [9.17, 15) is 0 Å². The first-order valence-electron chi connectivity index (χ1n) is 4.52. The number of nitrogens with zero attached hydrogens (tertiary/aromatic N) is 1. The lowest BCUT2D eigenvalue weighted by Crippen LogP contribution is -2.18. The third-order valence-corrected chi connectivity index (χ3v) is 2.72. The molecule has 1 aromatic heterocycles. The van der Waals surface area contributed by atoms with Gasteiger partial charge in [0, 0.05) is 17.3 Å². The lowest BCUT2D eigenvalue weighted by atomic mass is 9.97. The van der Waals surface area contributed by atoms with E-state index in [4.69, 9.17) is 10.7 Å². The highest BCUT2D eigenvalue weighted by molar-refractivity contribution is 5.31. The van der Waals surface area contributed by atoms with Gasteiger partial charge in [0.25, 0.3) is 0 Å². The molecule has 0 saturated heterocycles. The Hall–Kier alpha value is -0.930. The van der Waals surface area contributed by atoms with Gasteiger partial charge in [-0.2, -0.15) is 0 Å². The van der Waals surface area contributed by atoms with Crippen molar-refractivity contribution in [3.8, 4) is 0 Å². The molecule has 1 fully saturated rings. The minimum absolute atomic E-state index is 0.197. The third kappa shape index (κ3) is 1.57. The Morgan fingerprint density at radius 1 is 1.62 bits per heavy atom. The van der Waals surface area contributed by atoms with Gasteiger partial charge in [-0.1, -0.05) is 0 Å². The summed E-state index contributed by atoms with van der Waals surface area (Å²) in [6.07, 6.45) is 4.20. The second-order valence-electron chi connectivity index (χ2n) is 3.78. The Labute approximate surface area is 77.9 Å². The second kappa shape index (κ2) is 3.09. The molecule has 0 amide bonds. The van der Waals surface area contributed by atoms with E-state index in [-0.39, 0.29) is 5.41 Å². The van der Waals surface area contributed by atoms with Crippen molar-refractivity contribution < 1.29 is 4.84 Å². The molecule has 1 aliphatic rings. The standard InChI is InChI=1S/C10H14N2O/c1-8-6-9(2-5-12-8)10(3-4-10)7-13-11/h2,5-6H,3-4,7,11H2,1H3. The highest BCUT2D eigenvalue weighted by Crippen LogP contribution is 2.48. The third-order valence-electron chi connectivity index (χ3n) is 2.72.